The van der Waals surface area contributed by atoms with Crippen molar-refractivity contribution in [2.24, 2.45) is 0 Å². The van der Waals surface area contributed by atoms with Crippen molar-refractivity contribution in [3.63, 3.8) is 0 Å². The average molecular weight is 488 g/mol. The molecule has 0 N–H and O–H groups in total. The molecule has 0 radical (unpaired) electrons. The second-order valence-corrected chi connectivity index (χ2v) is 17.7. The maximum atomic E-state index is 6.34. The molecule has 0 aromatic rings. The Morgan fingerprint density at radius 2 is 1.04 bits per heavy atom. The summed E-state index contributed by atoms with van der Waals surface area (Å²) in [5, 5.41) is 0. The molecule has 2 nitrogen and oxygen atoms in total. The van der Waals surface area contributed by atoms with Gasteiger partial charge in [0, 0.05) is 22.0 Å². The fourth-order valence-electron chi connectivity index (χ4n) is 2.90. The molecular formula is C17H36Br2O2Si2. The average Bonchev–Trinajstić information content (AvgIpc) is 2.60. The Hall–Kier alpha value is 1.05. The molecule has 0 bridgehead atoms. The lowest BCUT2D eigenvalue weighted by molar-refractivity contribution is 0.304. The summed E-state index contributed by atoms with van der Waals surface area (Å²) in [7, 11) is -2.98. The van der Waals surface area contributed by atoms with Gasteiger partial charge in [0.1, 0.15) is 0 Å². The monoisotopic (exact) mass is 486 g/mol. The molecule has 0 saturated heterocycles. The fraction of sp³-hybridized carbons (Fsp3) is 0.882. The zero-order chi connectivity index (χ0) is 17.9. The lowest BCUT2D eigenvalue weighted by Gasteiger charge is -2.29. The van der Waals surface area contributed by atoms with Crippen molar-refractivity contribution in [1.82, 2.24) is 0 Å². The number of hydrogen-bond acceptors (Lipinski definition) is 2. The van der Waals surface area contributed by atoms with Crippen molar-refractivity contribution < 1.29 is 8.85 Å². The van der Waals surface area contributed by atoms with E-state index in [-0.39, 0.29) is 0 Å². The van der Waals surface area contributed by atoms with Crippen molar-refractivity contribution in [1.29, 1.82) is 0 Å². The van der Waals surface area contributed by atoms with Crippen LogP contribution in [0, 0.1) is 0 Å². The standard InChI is InChI=1S/C17H36Br2O2Si2/c1-7-22(8-2,9-3)20-14-13-16(18)17(19)15-21-23(10-4,11-5)12-6/h7-15H2,1-6H3. The number of hydrogen-bond donors (Lipinski definition) is 0. The lowest BCUT2D eigenvalue weighted by atomic mass is 10.4. The molecule has 0 atom stereocenters. The van der Waals surface area contributed by atoms with Crippen molar-refractivity contribution in [2.75, 3.05) is 13.2 Å². The van der Waals surface area contributed by atoms with Gasteiger partial charge in [0.05, 0.1) is 6.61 Å². The van der Waals surface area contributed by atoms with Crippen LogP contribution in [0.1, 0.15) is 48.0 Å². The van der Waals surface area contributed by atoms with Crippen LogP contribution in [0.15, 0.2) is 8.96 Å². The second kappa shape index (κ2) is 12.4. The topological polar surface area (TPSA) is 18.5 Å². The van der Waals surface area contributed by atoms with Gasteiger partial charge in [0.2, 0.25) is 0 Å². The summed E-state index contributed by atoms with van der Waals surface area (Å²) in [6.45, 7) is 15.1. The largest absolute Gasteiger partial charge is 0.416 e. The van der Waals surface area contributed by atoms with Crippen LogP contribution in [0.25, 0.3) is 0 Å². The minimum atomic E-state index is -1.51. The van der Waals surface area contributed by atoms with Crippen LogP contribution in [-0.4, -0.2) is 29.8 Å². The first-order valence-electron chi connectivity index (χ1n) is 9.18. The van der Waals surface area contributed by atoms with E-state index in [1.165, 1.54) is 40.7 Å². The fourth-order valence-corrected chi connectivity index (χ4v) is 8.91. The van der Waals surface area contributed by atoms with Gasteiger partial charge in [-0.25, -0.2) is 0 Å². The van der Waals surface area contributed by atoms with E-state index in [1.807, 2.05) is 0 Å². The van der Waals surface area contributed by atoms with E-state index in [0.29, 0.717) is 6.61 Å². The van der Waals surface area contributed by atoms with Crippen LogP contribution in [0.2, 0.25) is 36.3 Å². The van der Waals surface area contributed by atoms with Gasteiger partial charge in [-0.1, -0.05) is 73.4 Å². The van der Waals surface area contributed by atoms with Crippen LogP contribution in [-0.2, 0) is 8.85 Å². The molecule has 0 aliphatic carbocycles. The first kappa shape index (κ1) is 24.1. The Labute approximate surface area is 163 Å². The molecule has 0 aliphatic rings. The van der Waals surface area contributed by atoms with E-state index in [9.17, 15) is 0 Å². The van der Waals surface area contributed by atoms with E-state index in [2.05, 4.69) is 73.4 Å². The van der Waals surface area contributed by atoms with Gasteiger partial charge < -0.3 is 8.85 Å². The smallest absolute Gasteiger partial charge is 0.192 e. The highest BCUT2D eigenvalue weighted by Crippen LogP contribution is 2.28. The molecule has 0 heterocycles. The molecule has 6 heteroatoms. The predicted molar refractivity (Wildman–Crippen MR) is 116 cm³/mol. The summed E-state index contributed by atoms with van der Waals surface area (Å²) in [6.07, 6.45) is 0.928. The Morgan fingerprint density at radius 3 is 1.43 bits per heavy atom. The third-order valence-corrected chi connectivity index (χ3v) is 16.8. The third kappa shape index (κ3) is 7.86. The molecular weight excluding hydrogens is 452 g/mol. The Morgan fingerprint density at radius 1 is 0.652 bits per heavy atom. The summed E-state index contributed by atoms with van der Waals surface area (Å²) in [5.74, 6) is 0. The SMILES string of the molecule is CC[Si](CC)(CC)OCCC(Br)=C(Br)CO[Si](CC)(CC)CC. The second-order valence-electron chi connectivity index (χ2n) is 6.18. The van der Waals surface area contributed by atoms with Gasteiger partial charge in [-0.3, -0.25) is 0 Å². The molecule has 0 aromatic carbocycles. The van der Waals surface area contributed by atoms with Gasteiger partial charge >= 0.3 is 0 Å². The zero-order valence-electron chi connectivity index (χ0n) is 15.9. The number of rotatable bonds is 13. The van der Waals surface area contributed by atoms with Gasteiger partial charge in [0.25, 0.3) is 0 Å². The summed E-state index contributed by atoms with van der Waals surface area (Å²) < 4.78 is 15.0. The molecule has 23 heavy (non-hydrogen) atoms. The molecule has 0 unspecified atom stereocenters. The van der Waals surface area contributed by atoms with Crippen LogP contribution >= 0.6 is 31.9 Å². The molecule has 138 valence electrons. The van der Waals surface area contributed by atoms with E-state index in [4.69, 9.17) is 8.85 Å². The lowest BCUT2D eigenvalue weighted by Crippen LogP contribution is -2.36. The van der Waals surface area contributed by atoms with E-state index in [0.717, 1.165) is 17.5 Å². The van der Waals surface area contributed by atoms with Crippen molar-refractivity contribution in [3.8, 4) is 0 Å². The predicted octanol–water partition coefficient (Wildman–Crippen LogP) is 7.42. The maximum Gasteiger partial charge on any atom is 0.192 e. The normalized spacial score (nSPS) is 14.1. The molecule has 0 saturated carbocycles. The molecule has 0 aliphatic heterocycles. The van der Waals surface area contributed by atoms with Crippen LogP contribution in [0.4, 0.5) is 0 Å². The van der Waals surface area contributed by atoms with Gasteiger partial charge in [-0.05, 0) is 36.3 Å². The summed E-state index contributed by atoms with van der Waals surface area (Å²) in [6, 6.07) is 7.21. The van der Waals surface area contributed by atoms with Crippen LogP contribution < -0.4 is 0 Å². The zero-order valence-corrected chi connectivity index (χ0v) is 21.1. The van der Waals surface area contributed by atoms with Gasteiger partial charge in [-0.15, -0.1) is 0 Å². The van der Waals surface area contributed by atoms with E-state index >= 15 is 0 Å². The molecule has 0 spiro atoms. The first-order chi connectivity index (χ1) is 10.9. The summed E-state index contributed by atoms with van der Waals surface area (Å²) in [4.78, 5) is 0. The van der Waals surface area contributed by atoms with Gasteiger partial charge in [0.15, 0.2) is 16.6 Å². The minimum Gasteiger partial charge on any atom is -0.416 e. The molecule has 0 fully saturated rings. The quantitative estimate of drug-likeness (QED) is 0.251. The van der Waals surface area contributed by atoms with Crippen molar-refractivity contribution in [3.05, 3.63) is 8.96 Å². The Balaban J connectivity index is 4.52. The summed E-state index contributed by atoms with van der Waals surface area (Å²) in [5.41, 5.74) is 0. The summed E-state index contributed by atoms with van der Waals surface area (Å²) >= 11 is 7.42. The molecule has 0 amide bonds. The highest BCUT2D eigenvalue weighted by molar-refractivity contribution is 9.14. The highest BCUT2D eigenvalue weighted by Gasteiger charge is 2.29. The minimum absolute atomic E-state index is 0.695. The van der Waals surface area contributed by atoms with E-state index in [1.54, 1.807) is 0 Å². The molecule has 0 rings (SSSR count). The Bertz CT molecular complexity index is 338. The van der Waals surface area contributed by atoms with Gasteiger partial charge in [-0.2, -0.15) is 0 Å². The number of halogens is 2. The third-order valence-electron chi connectivity index (χ3n) is 5.40. The highest BCUT2D eigenvalue weighted by atomic mass is 79.9. The van der Waals surface area contributed by atoms with Crippen LogP contribution in [0.5, 0.6) is 0 Å². The van der Waals surface area contributed by atoms with E-state index < -0.39 is 16.6 Å². The maximum absolute atomic E-state index is 6.34. The molecule has 0 aromatic heterocycles. The first-order valence-corrected chi connectivity index (χ1v) is 15.8. The Kier molecular flexibility index (Phi) is 13.0. The van der Waals surface area contributed by atoms with Crippen molar-refractivity contribution in [2.45, 2.75) is 84.2 Å². The van der Waals surface area contributed by atoms with Crippen LogP contribution in [0.3, 0.4) is 0 Å². The van der Waals surface area contributed by atoms with Crippen molar-refractivity contribution >= 4 is 48.5 Å².